The van der Waals surface area contributed by atoms with E-state index in [9.17, 15) is 0 Å². The first-order valence-electron chi connectivity index (χ1n) is 7.87. The molecule has 1 saturated heterocycles. The average molecular weight is 413 g/mol. The maximum absolute atomic E-state index is 6.10. The van der Waals surface area contributed by atoms with Crippen molar-refractivity contribution in [2.75, 3.05) is 32.1 Å². The van der Waals surface area contributed by atoms with Crippen LogP contribution in [0.2, 0.25) is 5.02 Å². The Bertz CT molecular complexity index is 694. The van der Waals surface area contributed by atoms with Gasteiger partial charge >= 0.3 is 0 Å². The van der Waals surface area contributed by atoms with Gasteiger partial charge < -0.3 is 19.7 Å². The minimum absolute atomic E-state index is 0.0310. The van der Waals surface area contributed by atoms with Crippen molar-refractivity contribution in [3.63, 3.8) is 0 Å². The van der Waals surface area contributed by atoms with Gasteiger partial charge in [0, 0.05) is 30.4 Å². The SMILES string of the molecule is CN(C)c1ccc([C@@H]2[NH2+]C[C@H](COc3ccc(Cl)cc3Br)O2)cc1. The predicted molar refractivity (Wildman–Crippen MR) is 99.8 cm³/mol. The summed E-state index contributed by atoms with van der Waals surface area (Å²) in [7, 11) is 4.07. The minimum Gasteiger partial charge on any atom is -0.489 e. The number of nitrogens with two attached hydrogens (primary N) is 1. The lowest BCUT2D eigenvalue weighted by Gasteiger charge is -2.14. The molecule has 3 rings (SSSR count). The molecule has 0 unspecified atom stereocenters. The highest BCUT2D eigenvalue weighted by molar-refractivity contribution is 9.10. The Labute approximate surface area is 155 Å². The lowest BCUT2D eigenvalue weighted by molar-refractivity contribution is -0.697. The van der Waals surface area contributed by atoms with Crippen molar-refractivity contribution in [1.82, 2.24) is 0 Å². The first-order chi connectivity index (χ1) is 11.5. The van der Waals surface area contributed by atoms with E-state index in [1.165, 1.54) is 11.3 Å². The molecule has 0 amide bonds. The molecule has 0 aromatic heterocycles. The van der Waals surface area contributed by atoms with Gasteiger partial charge in [-0.05, 0) is 58.4 Å². The third-order valence-corrected chi connectivity index (χ3v) is 4.86. The fraction of sp³-hybridized carbons (Fsp3) is 0.333. The standard InChI is InChI=1S/C18H20BrClN2O2/c1-22(2)14-6-3-12(4-7-14)18-21-10-15(24-18)11-23-17-8-5-13(20)9-16(17)19/h3-9,15,18,21H,10-11H2,1-2H3/p+1/t15-,18-/m1/s1. The zero-order valence-corrected chi connectivity index (χ0v) is 16.0. The van der Waals surface area contributed by atoms with E-state index in [-0.39, 0.29) is 12.3 Å². The van der Waals surface area contributed by atoms with Crippen LogP contribution in [-0.2, 0) is 4.74 Å². The van der Waals surface area contributed by atoms with Crippen LogP contribution in [0.15, 0.2) is 46.9 Å². The van der Waals surface area contributed by atoms with Crippen LogP contribution in [0.25, 0.3) is 0 Å². The molecular formula is C18H21BrClN2O2+. The van der Waals surface area contributed by atoms with Gasteiger partial charge in [0.2, 0.25) is 6.23 Å². The third kappa shape index (κ3) is 4.22. The summed E-state index contributed by atoms with van der Waals surface area (Å²) in [6.07, 6.45) is 0.0922. The number of hydrogen-bond donors (Lipinski definition) is 1. The highest BCUT2D eigenvalue weighted by atomic mass is 79.9. The van der Waals surface area contributed by atoms with E-state index >= 15 is 0 Å². The quantitative estimate of drug-likeness (QED) is 0.819. The van der Waals surface area contributed by atoms with E-state index in [1.54, 1.807) is 0 Å². The Morgan fingerprint density at radius 3 is 2.67 bits per heavy atom. The summed E-state index contributed by atoms with van der Waals surface area (Å²) in [5.41, 5.74) is 2.36. The molecule has 1 aliphatic heterocycles. The summed E-state index contributed by atoms with van der Waals surface area (Å²) in [6.45, 7) is 1.40. The maximum atomic E-state index is 6.10. The summed E-state index contributed by atoms with van der Waals surface area (Å²) < 4.78 is 12.8. The van der Waals surface area contributed by atoms with Crippen molar-refractivity contribution in [3.05, 3.63) is 57.5 Å². The molecule has 0 bridgehead atoms. The average Bonchev–Trinajstić information content (AvgIpc) is 3.03. The molecule has 1 aliphatic rings. The van der Waals surface area contributed by atoms with Gasteiger partial charge in [-0.2, -0.15) is 0 Å². The number of anilines is 1. The topological polar surface area (TPSA) is 38.3 Å². The minimum atomic E-state index is 0.0310. The summed E-state index contributed by atoms with van der Waals surface area (Å²) in [4.78, 5) is 2.09. The Morgan fingerprint density at radius 2 is 2.00 bits per heavy atom. The molecule has 2 N–H and O–H groups in total. The second-order valence-electron chi connectivity index (χ2n) is 6.02. The molecule has 0 spiro atoms. The van der Waals surface area contributed by atoms with Gasteiger partial charge in [0.15, 0.2) is 0 Å². The number of quaternary nitrogens is 1. The molecule has 4 nitrogen and oxygen atoms in total. The van der Waals surface area contributed by atoms with Gasteiger partial charge in [-0.1, -0.05) is 11.6 Å². The fourth-order valence-electron chi connectivity index (χ4n) is 2.65. The number of hydrogen-bond acceptors (Lipinski definition) is 3. The first kappa shape index (κ1) is 17.5. The second-order valence-corrected chi connectivity index (χ2v) is 7.31. The van der Waals surface area contributed by atoms with Crippen LogP contribution in [-0.4, -0.2) is 33.4 Å². The van der Waals surface area contributed by atoms with Crippen molar-refractivity contribution in [2.24, 2.45) is 0 Å². The van der Waals surface area contributed by atoms with E-state index in [0.29, 0.717) is 11.6 Å². The van der Waals surface area contributed by atoms with Crippen LogP contribution in [0.3, 0.4) is 0 Å². The van der Waals surface area contributed by atoms with Crippen LogP contribution in [0, 0.1) is 0 Å². The van der Waals surface area contributed by atoms with Crippen LogP contribution in [0.1, 0.15) is 11.8 Å². The highest BCUT2D eigenvalue weighted by Crippen LogP contribution is 2.28. The number of rotatable bonds is 5. The molecular weight excluding hydrogens is 392 g/mol. The Kier molecular flexibility index (Phi) is 5.66. The lowest BCUT2D eigenvalue weighted by Crippen LogP contribution is -2.82. The summed E-state index contributed by atoms with van der Waals surface area (Å²) in [5, 5.41) is 2.89. The largest absolute Gasteiger partial charge is 0.489 e. The van der Waals surface area contributed by atoms with Gasteiger partial charge in [0.1, 0.15) is 25.0 Å². The molecule has 6 heteroatoms. The molecule has 0 radical (unpaired) electrons. The van der Waals surface area contributed by atoms with Crippen molar-refractivity contribution >= 4 is 33.2 Å². The smallest absolute Gasteiger partial charge is 0.217 e. The van der Waals surface area contributed by atoms with E-state index in [1.807, 2.05) is 32.3 Å². The number of nitrogens with zero attached hydrogens (tertiary/aromatic N) is 1. The zero-order valence-electron chi connectivity index (χ0n) is 13.7. The van der Waals surface area contributed by atoms with E-state index < -0.39 is 0 Å². The molecule has 1 heterocycles. The molecule has 128 valence electrons. The molecule has 24 heavy (non-hydrogen) atoms. The second kappa shape index (κ2) is 7.74. The Morgan fingerprint density at radius 1 is 1.25 bits per heavy atom. The van der Waals surface area contributed by atoms with Crippen molar-refractivity contribution in [2.45, 2.75) is 12.3 Å². The maximum Gasteiger partial charge on any atom is 0.217 e. The Hall–Kier alpha value is -1.27. The van der Waals surface area contributed by atoms with Crippen LogP contribution in [0.5, 0.6) is 5.75 Å². The lowest BCUT2D eigenvalue weighted by atomic mass is 10.2. The third-order valence-electron chi connectivity index (χ3n) is 4.01. The fourth-order valence-corrected chi connectivity index (χ4v) is 3.45. The van der Waals surface area contributed by atoms with Gasteiger partial charge in [0.25, 0.3) is 0 Å². The molecule has 2 aromatic rings. The molecule has 2 aromatic carbocycles. The first-order valence-corrected chi connectivity index (χ1v) is 9.04. The monoisotopic (exact) mass is 411 g/mol. The van der Waals surface area contributed by atoms with Gasteiger partial charge in [0.05, 0.1) is 4.47 Å². The predicted octanol–water partition coefficient (Wildman–Crippen LogP) is 3.21. The Balaban J connectivity index is 1.55. The van der Waals surface area contributed by atoms with Crippen LogP contribution >= 0.6 is 27.5 Å². The molecule has 0 saturated carbocycles. The van der Waals surface area contributed by atoms with Crippen molar-refractivity contribution < 1.29 is 14.8 Å². The van der Waals surface area contributed by atoms with Gasteiger partial charge in [-0.25, -0.2) is 0 Å². The number of ether oxygens (including phenoxy) is 2. The molecule has 0 aliphatic carbocycles. The molecule has 1 fully saturated rings. The van der Waals surface area contributed by atoms with Crippen LogP contribution in [0.4, 0.5) is 5.69 Å². The van der Waals surface area contributed by atoms with Crippen LogP contribution < -0.4 is 15.0 Å². The number of halogens is 2. The summed E-state index contributed by atoms with van der Waals surface area (Å²) in [5.74, 6) is 0.779. The van der Waals surface area contributed by atoms with E-state index in [2.05, 4.69) is 50.4 Å². The van der Waals surface area contributed by atoms with Crippen molar-refractivity contribution in [3.8, 4) is 5.75 Å². The van der Waals surface area contributed by atoms with Crippen molar-refractivity contribution in [1.29, 1.82) is 0 Å². The normalized spacial score (nSPS) is 20.2. The highest BCUT2D eigenvalue weighted by Gasteiger charge is 2.30. The van der Waals surface area contributed by atoms with Gasteiger partial charge in [-0.3, -0.25) is 0 Å². The summed E-state index contributed by atoms with van der Waals surface area (Å²) >= 11 is 9.41. The zero-order chi connectivity index (χ0) is 17.1. The molecule has 2 atom stereocenters. The van der Waals surface area contributed by atoms with E-state index in [4.69, 9.17) is 21.1 Å². The van der Waals surface area contributed by atoms with E-state index in [0.717, 1.165) is 16.8 Å². The number of benzene rings is 2. The van der Waals surface area contributed by atoms with Gasteiger partial charge in [-0.15, -0.1) is 0 Å². The summed E-state index contributed by atoms with van der Waals surface area (Å²) in [6, 6.07) is 14.0.